The van der Waals surface area contributed by atoms with Crippen molar-refractivity contribution in [3.8, 4) is 0 Å². The van der Waals surface area contributed by atoms with E-state index in [1.54, 1.807) is 18.2 Å². The number of rotatable bonds is 2. The molecule has 0 amide bonds. The minimum absolute atomic E-state index is 0.0506. The second-order valence-electron chi connectivity index (χ2n) is 3.03. The molecular formula is C9H10BrClFN. The van der Waals surface area contributed by atoms with Crippen molar-refractivity contribution in [2.45, 2.75) is 12.6 Å². The molecule has 0 bridgehead atoms. The van der Waals surface area contributed by atoms with Crippen LogP contribution in [0.3, 0.4) is 0 Å². The van der Waals surface area contributed by atoms with Gasteiger partial charge in [-0.2, -0.15) is 0 Å². The summed E-state index contributed by atoms with van der Waals surface area (Å²) < 4.78 is 14.4. The fraction of sp³-hybridized carbons (Fsp3) is 0.333. The van der Waals surface area contributed by atoms with Crippen molar-refractivity contribution in [1.29, 1.82) is 0 Å². The van der Waals surface area contributed by atoms with Gasteiger partial charge in [0, 0.05) is 11.0 Å². The van der Waals surface area contributed by atoms with E-state index in [9.17, 15) is 4.39 Å². The van der Waals surface area contributed by atoms with E-state index in [0.717, 1.165) is 4.47 Å². The summed E-state index contributed by atoms with van der Waals surface area (Å²) in [6.45, 7) is 1.39. The highest BCUT2D eigenvalue weighted by Gasteiger charge is 2.24. The Morgan fingerprint density at radius 3 is 2.69 bits per heavy atom. The molecule has 72 valence electrons. The standard InChI is InChI=1S/C9H10BrClFN/c1-9(12,5-13)6-2-3-7(10)8(11)4-6/h2-4H,5,13H2,1H3. The summed E-state index contributed by atoms with van der Waals surface area (Å²) in [4.78, 5) is 0. The maximum atomic E-state index is 13.7. The molecule has 2 N–H and O–H groups in total. The third kappa shape index (κ3) is 2.42. The van der Waals surface area contributed by atoms with Gasteiger partial charge in [0.05, 0.1) is 5.02 Å². The monoisotopic (exact) mass is 265 g/mol. The third-order valence-electron chi connectivity index (χ3n) is 1.90. The van der Waals surface area contributed by atoms with Gasteiger partial charge in [-0.3, -0.25) is 0 Å². The van der Waals surface area contributed by atoms with E-state index >= 15 is 0 Å². The van der Waals surface area contributed by atoms with Crippen LogP contribution in [0.25, 0.3) is 0 Å². The van der Waals surface area contributed by atoms with Gasteiger partial charge >= 0.3 is 0 Å². The molecule has 0 heterocycles. The molecule has 0 saturated carbocycles. The molecule has 0 aliphatic heterocycles. The summed E-state index contributed by atoms with van der Waals surface area (Å²) in [5, 5.41) is 0.495. The largest absolute Gasteiger partial charge is 0.327 e. The zero-order valence-corrected chi connectivity index (χ0v) is 9.49. The Kier molecular flexibility index (Phi) is 3.33. The molecule has 0 fully saturated rings. The lowest BCUT2D eigenvalue weighted by Gasteiger charge is -2.18. The van der Waals surface area contributed by atoms with E-state index in [1.807, 2.05) is 0 Å². The zero-order valence-electron chi connectivity index (χ0n) is 7.15. The van der Waals surface area contributed by atoms with Crippen LogP contribution in [0.15, 0.2) is 22.7 Å². The molecule has 1 aromatic rings. The first-order valence-electron chi connectivity index (χ1n) is 3.82. The Hall–Kier alpha value is -0.120. The Morgan fingerprint density at radius 2 is 2.23 bits per heavy atom. The first kappa shape index (κ1) is 11.0. The molecule has 1 rings (SSSR count). The predicted molar refractivity (Wildman–Crippen MR) is 56.7 cm³/mol. The van der Waals surface area contributed by atoms with Crippen LogP contribution in [0.1, 0.15) is 12.5 Å². The molecule has 0 saturated heterocycles. The van der Waals surface area contributed by atoms with Crippen molar-refractivity contribution in [1.82, 2.24) is 0 Å². The minimum atomic E-state index is -1.51. The van der Waals surface area contributed by atoms with Crippen LogP contribution in [0.2, 0.25) is 5.02 Å². The van der Waals surface area contributed by atoms with Crippen LogP contribution in [0.5, 0.6) is 0 Å². The van der Waals surface area contributed by atoms with E-state index in [0.29, 0.717) is 10.6 Å². The maximum Gasteiger partial charge on any atom is 0.145 e. The van der Waals surface area contributed by atoms with Gasteiger partial charge in [0.15, 0.2) is 0 Å². The van der Waals surface area contributed by atoms with Gasteiger partial charge in [0.2, 0.25) is 0 Å². The fourth-order valence-electron chi connectivity index (χ4n) is 0.938. The van der Waals surface area contributed by atoms with Crippen LogP contribution in [0, 0.1) is 0 Å². The molecular weight excluding hydrogens is 256 g/mol. The summed E-state index contributed by atoms with van der Waals surface area (Å²) in [5.74, 6) is 0. The molecule has 1 aromatic carbocycles. The van der Waals surface area contributed by atoms with E-state index in [2.05, 4.69) is 15.9 Å². The maximum absolute atomic E-state index is 13.7. The highest BCUT2D eigenvalue weighted by Crippen LogP contribution is 2.30. The van der Waals surface area contributed by atoms with Gasteiger partial charge in [-0.1, -0.05) is 17.7 Å². The van der Waals surface area contributed by atoms with Gasteiger partial charge in [-0.15, -0.1) is 0 Å². The van der Waals surface area contributed by atoms with Crippen LogP contribution < -0.4 is 5.73 Å². The normalized spacial score (nSPS) is 15.5. The minimum Gasteiger partial charge on any atom is -0.327 e. The first-order valence-corrected chi connectivity index (χ1v) is 4.99. The molecule has 0 radical (unpaired) electrons. The number of benzene rings is 1. The van der Waals surface area contributed by atoms with Gasteiger partial charge in [0.25, 0.3) is 0 Å². The second-order valence-corrected chi connectivity index (χ2v) is 4.29. The summed E-state index contributed by atoms with van der Waals surface area (Å²) in [5.41, 5.74) is 4.29. The summed E-state index contributed by atoms with van der Waals surface area (Å²) in [6.07, 6.45) is 0. The van der Waals surface area contributed by atoms with Crippen LogP contribution >= 0.6 is 27.5 Å². The van der Waals surface area contributed by atoms with Crippen molar-refractivity contribution < 1.29 is 4.39 Å². The summed E-state index contributed by atoms with van der Waals surface area (Å²) in [7, 11) is 0. The van der Waals surface area contributed by atoms with E-state index in [4.69, 9.17) is 17.3 Å². The van der Waals surface area contributed by atoms with Gasteiger partial charge < -0.3 is 5.73 Å². The molecule has 0 aliphatic rings. The number of hydrogen-bond acceptors (Lipinski definition) is 1. The van der Waals surface area contributed by atoms with Crippen LogP contribution in [-0.4, -0.2) is 6.54 Å². The lowest BCUT2D eigenvalue weighted by molar-refractivity contribution is 0.203. The SMILES string of the molecule is CC(F)(CN)c1ccc(Br)c(Cl)c1. The third-order valence-corrected chi connectivity index (χ3v) is 3.14. The Morgan fingerprint density at radius 1 is 1.62 bits per heavy atom. The van der Waals surface area contributed by atoms with Crippen LogP contribution in [-0.2, 0) is 5.67 Å². The lowest BCUT2D eigenvalue weighted by Crippen LogP contribution is -2.26. The molecule has 4 heteroatoms. The molecule has 0 aromatic heterocycles. The van der Waals surface area contributed by atoms with E-state index in [-0.39, 0.29) is 6.54 Å². The molecule has 1 atom stereocenters. The summed E-state index contributed by atoms with van der Waals surface area (Å²) >= 11 is 9.05. The molecule has 1 unspecified atom stereocenters. The second kappa shape index (κ2) is 3.95. The predicted octanol–water partition coefficient (Wildman–Crippen LogP) is 3.25. The Labute approximate surface area is 90.2 Å². The Bertz CT molecular complexity index is 314. The van der Waals surface area contributed by atoms with Crippen molar-refractivity contribution in [3.05, 3.63) is 33.3 Å². The lowest BCUT2D eigenvalue weighted by atomic mass is 9.98. The van der Waals surface area contributed by atoms with E-state index < -0.39 is 5.67 Å². The highest BCUT2D eigenvalue weighted by molar-refractivity contribution is 9.10. The van der Waals surface area contributed by atoms with Gasteiger partial charge in [0.1, 0.15) is 5.67 Å². The molecule has 1 nitrogen and oxygen atoms in total. The van der Waals surface area contributed by atoms with Crippen molar-refractivity contribution in [2.75, 3.05) is 6.54 Å². The van der Waals surface area contributed by atoms with Crippen LogP contribution in [0.4, 0.5) is 4.39 Å². The topological polar surface area (TPSA) is 26.0 Å². The van der Waals surface area contributed by atoms with Crippen molar-refractivity contribution in [3.63, 3.8) is 0 Å². The molecule has 0 aliphatic carbocycles. The fourth-order valence-corrected chi connectivity index (χ4v) is 1.37. The summed E-state index contributed by atoms with van der Waals surface area (Å²) in [6, 6.07) is 4.96. The zero-order chi connectivity index (χ0) is 10.1. The Balaban J connectivity index is 3.10. The molecule has 0 spiro atoms. The number of hydrogen-bond donors (Lipinski definition) is 1. The average molecular weight is 267 g/mol. The van der Waals surface area contributed by atoms with E-state index in [1.165, 1.54) is 6.92 Å². The number of nitrogens with two attached hydrogens (primary N) is 1. The van der Waals surface area contributed by atoms with Crippen molar-refractivity contribution in [2.24, 2.45) is 5.73 Å². The van der Waals surface area contributed by atoms with Gasteiger partial charge in [-0.25, -0.2) is 4.39 Å². The smallest absolute Gasteiger partial charge is 0.145 e. The highest BCUT2D eigenvalue weighted by atomic mass is 79.9. The first-order chi connectivity index (χ1) is 5.97. The van der Waals surface area contributed by atoms with Crippen molar-refractivity contribution >= 4 is 27.5 Å². The average Bonchev–Trinajstić information content (AvgIpc) is 2.09. The molecule has 13 heavy (non-hydrogen) atoms. The number of halogens is 3. The number of alkyl halides is 1. The van der Waals surface area contributed by atoms with Gasteiger partial charge in [-0.05, 0) is 40.5 Å². The quantitative estimate of drug-likeness (QED) is 0.874.